The third kappa shape index (κ3) is 6.50. The van der Waals surface area contributed by atoms with Crippen LogP contribution in [0.5, 0.6) is 23.0 Å². The summed E-state index contributed by atoms with van der Waals surface area (Å²) in [4.78, 5) is 12.6. The molecular formula is C21H26N2O6S. The molecule has 0 heterocycles. The van der Waals surface area contributed by atoms with E-state index in [0.717, 1.165) is 0 Å². The Morgan fingerprint density at radius 3 is 2.13 bits per heavy atom. The summed E-state index contributed by atoms with van der Waals surface area (Å²) in [5, 5.41) is 5.74. The maximum Gasteiger partial charge on any atom is 0.257 e. The minimum Gasteiger partial charge on any atom is -0.493 e. The Hall–Kier alpha value is -3.04. The van der Waals surface area contributed by atoms with Crippen LogP contribution in [0.4, 0.5) is 5.69 Å². The molecule has 0 aliphatic carbocycles. The van der Waals surface area contributed by atoms with Crippen molar-refractivity contribution in [3.63, 3.8) is 0 Å². The lowest BCUT2D eigenvalue weighted by Crippen LogP contribution is -2.34. The molecule has 2 aromatic rings. The van der Waals surface area contributed by atoms with Crippen LogP contribution in [0.3, 0.4) is 0 Å². The normalized spacial score (nSPS) is 10.1. The number of hydrogen-bond donors (Lipinski definition) is 2. The number of nitrogens with one attached hydrogen (secondary N) is 2. The molecule has 2 rings (SSSR count). The van der Waals surface area contributed by atoms with E-state index in [4.69, 9.17) is 35.9 Å². The quantitative estimate of drug-likeness (QED) is 0.435. The molecule has 0 atom stereocenters. The van der Waals surface area contributed by atoms with Gasteiger partial charge in [-0.25, -0.2) is 0 Å². The fourth-order valence-electron chi connectivity index (χ4n) is 2.55. The number of amides is 1. The van der Waals surface area contributed by atoms with Gasteiger partial charge in [-0.3, -0.25) is 10.1 Å². The third-order valence-corrected chi connectivity index (χ3v) is 4.17. The number of carbonyl (C=O) groups is 1. The standard InChI is InChI=1S/C21H26N2O6S/c1-5-28-10-11-29-16-8-6-15(7-9-16)22-21(30)23-20(24)14-12-17(25-2)19(27-4)18(13-14)26-3/h6-9,12-13H,5,10-11H2,1-4H3,(H2,22,23,24,30). The summed E-state index contributed by atoms with van der Waals surface area (Å²) < 4.78 is 26.6. The van der Waals surface area contributed by atoms with Crippen LogP contribution >= 0.6 is 12.2 Å². The molecule has 9 heteroatoms. The van der Waals surface area contributed by atoms with E-state index >= 15 is 0 Å². The molecule has 8 nitrogen and oxygen atoms in total. The Labute approximate surface area is 181 Å². The van der Waals surface area contributed by atoms with E-state index in [1.54, 1.807) is 36.4 Å². The molecule has 30 heavy (non-hydrogen) atoms. The molecule has 0 aliphatic rings. The average Bonchev–Trinajstić information content (AvgIpc) is 2.76. The number of thiocarbonyl (C=S) groups is 1. The van der Waals surface area contributed by atoms with Crippen LogP contribution in [0.15, 0.2) is 36.4 Å². The Bertz CT molecular complexity index is 832. The van der Waals surface area contributed by atoms with E-state index in [1.807, 2.05) is 6.92 Å². The summed E-state index contributed by atoms with van der Waals surface area (Å²) in [6.45, 7) is 3.60. The maximum atomic E-state index is 12.6. The van der Waals surface area contributed by atoms with Gasteiger partial charge in [-0.1, -0.05) is 0 Å². The number of rotatable bonds is 10. The van der Waals surface area contributed by atoms with Gasteiger partial charge >= 0.3 is 0 Å². The minimum atomic E-state index is -0.414. The van der Waals surface area contributed by atoms with Crippen molar-refractivity contribution in [3.8, 4) is 23.0 Å². The monoisotopic (exact) mass is 434 g/mol. The fraction of sp³-hybridized carbons (Fsp3) is 0.333. The Kier molecular flexibility index (Phi) is 9.17. The molecule has 0 saturated heterocycles. The van der Waals surface area contributed by atoms with Gasteiger partial charge in [-0.2, -0.15) is 0 Å². The molecule has 0 fully saturated rings. The summed E-state index contributed by atoms with van der Waals surface area (Å²) in [7, 11) is 4.46. The van der Waals surface area contributed by atoms with Crippen LogP contribution in [-0.2, 0) is 4.74 Å². The molecule has 0 spiro atoms. The maximum absolute atomic E-state index is 12.6. The zero-order chi connectivity index (χ0) is 21.9. The van der Waals surface area contributed by atoms with E-state index in [1.165, 1.54) is 21.3 Å². The highest BCUT2D eigenvalue weighted by Gasteiger charge is 2.17. The summed E-state index contributed by atoms with van der Waals surface area (Å²) in [6, 6.07) is 10.3. The molecule has 1 amide bonds. The number of hydrogen-bond acceptors (Lipinski definition) is 7. The highest BCUT2D eigenvalue weighted by molar-refractivity contribution is 7.80. The first-order chi connectivity index (χ1) is 14.5. The van der Waals surface area contributed by atoms with Crippen LogP contribution < -0.4 is 29.6 Å². The molecule has 0 aromatic heterocycles. The molecule has 0 bridgehead atoms. The topological polar surface area (TPSA) is 87.3 Å². The van der Waals surface area contributed by atoms with Crippen molar-refractivity contribution in [2.45, 2.75) is 6.92 Å². The summed E-state index contributed by atoms with van der Waals surface area (Å²) in [6.07, 6.45) is 0. The van der Waals surface area contributed by atoms with E-state index in [0.29, 0.717) is 54.1 Å². The van der Waals surface area contributed by atoms with Gasteiger partial charge in [-0.05, 0) is 55.5 Å². The zero-order valence-electron chi connectivity index (χ0n) is 17.4. The van der Waals surface area contributed by atoms with Gasteiger partial charge in [0.2, 0.25) is 5.75 Å². The summed E-state index contributed by atoms with van der Waals surface area (Å²) >= 11 is 5.24. The first kappa shape index (κ1) is 23.2. The van der Waals surface area contributed by atoms with E-state index in [-0.39, 0.29) is 5.11 Å². The lowest BCUT2D eigenvalue weighted by atomic mass is 10.1. The average molecular weight is 435 g/mol. The van der Waals surface area contributed by atoms with Crippen LogP contribution in [-0.4, -0.2) is 52.2 Å². The minimum absolute atomic E-state index is 0.152. The van der Waals surface area contributed by atoms with E-state index < -0.39 is 5.91 Å². The number of carbonyl (C=O) groups excluding carboxylic acids is 1. The van der Waals surface area contributed by atoms with Gasteiger partial charge in [-0.15, -0.1) is 0 Å². The first-order valence-corrected chi connectivity index (χ1v) is 9.66. The third-order valence-electron chi connectivity index (χ3n) is 3.97. The van der Waals surface area contributed by atoms with Gasteiger partial charge in [0, 0.05) is 17.9 Å². The van der Waals surface area contributed by atoms with Gasteiger partial charge in [0.05, 0.1) is 27.9 Å². The number of benzene rings is 2. The van der Waals surface area contributed by atoms with E-state index in [9.17, 15) is 4.79 Å². The van der Waals surface area contributed by atoms with Crippen molar-refractivity contribution < 1.29 is 28.5 Å². The number of anilines is 1. The lowest BCUT2D eigenvalue weighted by molar-refractivity contribution is 0.0977. The lowest BCUT2D eigenvalue weighted by Gasteiger charge is -2.15. The smallest absolute Gasteiger partial charge is 0.257 e. The molecule has 2 aromatic carbocycles. The molecular weight excluding hydrogens is 408 g/mol. The molecule has 0 aliphatic heterocycles. The predicted molar refractivity (Wildman–Crippen MR) is 118 cm³/mol. The highest BCUT2D eigenvalue weighted by atomic mass is 32.1. The van der Waals surface area contributed by atoms with Crippen molar-refractivity contribution >= 4 is 28.9 Å². The van der Waals surface area contributed by atoms with Gasteiger partial charge in [0.1, 0.15) is 12.4 Å². The van der Waals surface area contributed by atoms with Crippen LogP contribution in [0.2, 0.25) is 0 Å². The predicted octanol–water partition coefficient (Wildman–Crippen LogP) is 3.25. The van der Waals surface area contributed by atoms with Crippen LogP contribution in [0.1, 0.15) is 17.3 Å². The van der Waals surface area contributed by atoms with E-state index in [2.05, 4.69) is 10.6 Å². The van der Waals surface area contributed by atoms with Crippen molar-refractivity contribution in [1.29, 1.82) is 0 Å². The molecule has 0 unspecified atom stereocenters. The first-order valence-electron chi connectivity index (χ1n) is 9.25. The Morgan fingerprint density at radius 2 is 1.60 bits per heavy atom. The second-order valence-electron chi connectivity index (χ2n) is 5.89. The Morgan fingerprint density at radius 1 is 0.967 bits per heavy atom. The summed E-state index contributed by atoms with van der Waals surface area (Å²) in [5.74, 6) is 1.46. The Balaban J connectivity index is 1.97. The van der Waals surface area contributed by atoms with Crippen LogP contribution in [0.25, 0.3) is 0 Å². The van der Waals surface area contributed by atoms with Crippen molar-refractivity contribution in [1.82, 2.24) is 5.32 Å². The molecule has 2 N–H and O–H groups in total. The van der Waals surface area contributed by atoms with Crippen molar-refractivity contribution in [2.24, 2.45) is 0 Å². The fourth-order valence-corrected chi connectivity index (χ4v) is 2.76. The summed E-state index contributed by atoms with van der Waals surface area (Å²) in [5.41, 5.74) is 1.02. The molecule has 0 radical (unpaired) electrons. The van der Waals surface area contributed by atoms with Crippen molar-refractivity contribution in [2.75, 3.05) is 46.5 Å². The zero-order valence-corrected chi connectivity index (χ0v) is 18.3. The number of methoxy groups -OCH3 is 3. The van der Waals surface area contributed by atoms with Gasteiger partial charge in [0.25, 0.3) is 5.91 Å². The number of ether oxygens (including phenoxy) is 5. The second-order valence-corrected chi connectivity index (χ2v) is 6.30. The largest absolute Gasteiger partial charge is 0.493 e. The SMILES string of the molecule is CCOCCOc1ccc(NC(=S)NC(=O)c2cc(OC)c(OC)c(OC)c2)cc1. The molecule has 0 saturated carbocycles. The highest BCUT2D eigenvalue weighted by Crippen LogP contribution is 2.38. The van der Waals surface area contributed by atoms with Gasteiger partial charge in [0.15, 0.2) is 16.6 Å². The van der Waals surface area contributed by atoms with Crippen LogP contribution in [0, 0.1) is 0 Å². The second kappa shape index (κ2) is 11.8. The van der Waals surface area contributed by atoms with Gasteiger partial charge < -0.3 is 29.0 Å². The molecule has 162 valence electrons. The van der Waals surface area contributed by atoms with Crippen molar-refractivity contribution in [3.05, 3.63) is 42.0 Å².